The predicted molar refractivity (Wildman–Crippen MR) is 86.2 cm³/mol. The summed E-state index contributed by atoms with van der Waals surface area (Å²) in [4.78, 5) is 13.1. The van der Waals surface area contributed by atoms with Crippen LogP contribution in [0.1, 0.15) is 26.7 Å². The van der Waals surface area contributed by atoms with Crippen LogP contribution in [0.2, 0.25) is 5.02 Å². The van der Waals surface area contributed by atoms with E-state index >= 15 is 0 Å². The summed E-state index contributed by atoms with van der Waals surface area (Å²) in [5.41, 5.74) is 0.753. The van der Waals surface area contributed by atoms with Crippen molar-refractivity contribution in [1.82, 2.24) is 5.32 Å². The first-order valence-electron chi connectivity index (χ1n) is 7.40. The molecule has 0 spiro atoms. The Morgan fingerprint density at radius 2 is 2.10 bits per heavy atom. The molecule has 5 nitrogen and oxygen atoms in total. The third-order valence-electron chi connectivity index (χ3n) is 3.98. The number of benzene rings is 1. The fourth-order valence-corrected chi connectivity index (χ4v) is 2.98. The third kappa shape index (κ3) is 4.08. The van der Waals surface area contributed by atoms with Crippen molar-refractivity contribution in [2.75, 3.05) is 24.5 Å². The van der Waals surface area contributed by atoms with Crippen LogP contribution in [0.25, 0.3) is 0 Å². The number of hydrogen-bond acceptors (Lipinski definition) is 4. The molecule has 0 radical (unpaired) electrons. The molecule has 0 aliphatic carbocycles. The Hall–Kier alpha value is -1.33. The zero-order valence-corrected chi connectivity index (χ0v) is 13.3. The minimum absolute atomic E-state index is 0.127. The molecule has 0 saturated carbocycles. The number of halogens is 1. The zero-order valence-electron chi connectivity index (χ0n) is 12.5. The Morgan fingerprint density at radius 3 is 2.67 bits per heavy atom. The minimum atomic E-state index is -0.330. The summed E-state index contributed by atoms with van der Waals surface area (Å²) in [6, 6.07) is 4.97. The molecule has 116 valence electrons. The van der Waals surface area contributed by atoms with Gasteiger partial charge in [0.1, 0.15) is 5.69 Å². The molecule has 1 N–H and O–H groups in total. The van der Waals surface area contributed by atoms with Crippen LogP contribution in [0, 0.1) is 16.0 Å². The molecule has 1 aromatic carbocycles. The number of hydrogen-bond donors (Lipinski definition) is 1. The van der Waals surface area contributed by atoms with Crippen LogP contribution in [0.15, 0.2) is 18.2 Å². The topological polar surface area (TPSA) is 58.4 Å². The number of rotatable bonds is 5. The van der Waals surface area contributed by atoms with Gasteiger partial charge in [-0.2, -0.15) is 0 Å². The number of nitrogens with one attached hydrogen (secondary N) is 1. The van der Waals surface area contributed by atoms with Crippen molar-refractivity contribution in [2.24, 2.45) is 5.92 Å². The average Bonchev–Trinajstić information content (AvgIpc) is 2.45. The van der Waals surface area contributed by atoms with Gasteiger partial charge in [-0.3, -0.25) is 10.1 Å². The van der Waals surface area contributed by atoms with Gasteiger partial charge in [0.25, 0.3) is 5.69 Å². The molecule has 1 aromatic rings. The van der Waals surface area contributed by atoms with Crippen LogP contribution >= 0.6 is 11.6 Å². The van der Waals surface area contributed by atoms with E-state index < -0.39 is 0 Å². The minimum Gasteiger partial charge on any atom is -0.363 e. The summed E-state index contributed by atoms with van der Waals surface area (Å²) in [5, 5.41) is 15.2. The number of anilines is 1. The van der Waals surface area contributed by atoms with Gasteiger partial charge < -0.3 is 10.2 Å². The Balaban J connectivity index is 2.28. The molecule has 1 aliphatic rings. The first kappa shape index (κ1) is 16.0. The van der Waals surface area contributed by atoms with E-state index in [-0.39, 0.29) is 16.7 Å². The second kappa shape index (κ2) is 7.09. The molecular formula is C15H22ClN3O2. The zero-order chi connectivity index (χ0) is 15.4. The highest BCUT2D eigenvalue weighted by atomic mass is 35.5. The van der Waals surface area contributed by atoms with E-state index in [1.54, 1.807) is 12.1 Å². The standard InChI is InChI=1S/C15H22ClN3O2/c1-11(2)18(10-12-5-7-17-8-6-12)15-9-13(16)3-4-14(15)19(20)21/h3-4,9,11-12,17H,5-8,10H2,1-2H3. The van der Waals surface area contributed by atoms with Crippen LogP contribution < -0.4 is 10.2 Å². The highest BCUT2D eigenvalue weighted by molar-refractivity contribution is 6.31. The maximum atomic E-state index is 11.3. The van der Waals surface area contributed by atoms with Gasteiger partial charge in [0.15, 0.2) is 0 Å². The van der Waals surface area contributed by atoms with Crippen LogP contribution in [0.4, 0.5) is 11.4 Å². The van der Waals surface area contributed by atoms with E-state index in [4.69, 9.17) is 11.6 Å². The third-order valence-corrected chi connectivity index (χ3v) is 4.22. The fraction of sp³-hybridized carbons (Fsp3) is 0.600. The van der Waals surface area contributed by atoms with Gasteiger partial charge in [-0.05, 0) is 57.8 Å². The Kier molecular flexibility index (Phi) is 5.42. The molecule has 6 heteroatoms. The van der Waals surface area contributed by atoms with Gasteiger partial charge in [0.05, 0.1) is 4.92 Å². The van der Waals surface area contributed by atoms with Gasteiger partial charge in [-0.15, -0.1) is 0 Å². The summed E-state index contributed by atoms with van der Waals surface area (Å²) in [5.74, 6) is 0.562. The number of nitro benzene ring substituents is 1. The Labute approximate surface area is 130 Å². The van der Waals surface area contributed by atoms with Crippen molar-refractivity contribution >= 4 is 23.0 Å². The maximum absolute atomic E-state index is 11.3. The highest BCUT2D eigenvalue weighted by Gasteiger charge is 2.25. The number of nitrogens with zero attached hydrogens (tertiary/aromatic N) is 2. The fourth-order valence-electron chi connectivity index (χ4n) is 2.81. The monoisotopic (exact) mass is 311 g/mol. The average molecular weight is 312 g/mol. The van der Waals surface area contributed by atoms with Crippen molar-refractivity contribution in [3.8, 4) is 0 Å². The smallest absolute Gasteiger partial charge is 0.292 e. The largest absolute Gasteiger partial charge is 0.363 e. The molecule has 1 saturated heterocycles. The van der Waals surface area contributed by atoms with Crippen molar-refractivity contribution < 1.29 is 4.92 Å². The predicted octanol–water partition coefficient (Wildman–Crippen LogP) is 3.46. The van der Waals surface area contributed by atoms with Crippen molar-refractivity contribution in [2.45, 2.75) is 32.7 Å². The van der Waals surface area contributed by atoms with Crippen LogP contribution in [-0.4, -0.2) is 30.6 Å². The lowest BCUT2D eigenvalue weighted by Crippen LogP contribution is -2.39. The maximum Gasteiger partial charge on any atom is 0.292 e. The molecule has 2 rings (SSSR count). The van der Waals surface area contributed by atoms with E-state index in [0.717, 1.165) is 32.5 Å². The van der Waals surface area contributed by atoms with E-state index in [9.17, 15) is 10.1 Å². The molecule has 1 heterocycles. The molecule has 0 aromatic heterocycles. The lowest BCUT2D eigenvalue weighted by atomic mass is 9.96. The van der Waals surface area contributed by atoms with Gasteiger partial charge in [0, 0.05) is 23.7 Å². The lowest BCUT2D eigenvalue weighted by molar-refractivity contribution is -0.384. The van der Waals surface area contributed by atoms with E-state index in [0.29, 0.717) is 16.6 Å². The SMILES string of the molecule is CC(C)N(CC1CCNCC1)c1cc(Cl)ccc1[N+](=O)[O-]. The first-order valence-corrected chi connectivity index (χ1v) is 7.78. The van der Waals surface area contributed by atoms with Gasteiger partial charge in [0.2, 0.25) is 0 Å². The summed E-state index contributed by atoms with van der Waals surface area (Å²) >= 11 is 6.05. The molecule has 1 aliphatic heterocycles. The van der Waals surface area contributed by atoms with E-state index in [2.05, 4.69) is 24.1 Å². The van der Waals surface area contributed by atoms with Crippen LogP contribution in [0.5, 0.6) is 0 Å². The van der Waals surface area contributed by atoms with Gasteiger partial charge in [-0.25, -0.2) is 0 Å². The lowest BCUT2D eigenvalue weighted by Gasteiger charge is -2.34. The molecule has 21 heavy (non-hydrogen) atoms. The Morgan fingerprint density at radius 1 is 1.43 bits per heavy atom. The highest BCUT2D eigenvalue weighted by Crippen LogP contribution is 2.33. The van der Waals surface area contributed by atoms with Crippen molar-refractivity contribution in [3.05, 3.63) is 33.3 Å². The number of piperidine rings is 1. The van der Waals surface area contributed by atoms with Crippen molar-refractivity contribution in [1.29, 1.82) is 0 Å². The number of nitro groups is 1. The molecule has 0 unspecified atom stereocenters. The second-order valence-corrected chi connectivity index (χ2v) is 6.27. The summed E-state index contributed by atoms with van der Waals surface area (Å²) in [6.45, 7) is 7.00. The molecule has 0 atom stereocenters. The van der Waals surface area contributed by atoms with Crippen LogP contribution in [0.3, 0.4) is 0 Å². The molecule has 0 bridgehead atoms. The quantitative estimate of drug-likeness (QED) is 0.668. The van der Waals surface area contributed by atoms with E-state index in [1.807, 2.05) is 0 Å². The molecular weight excluding hydrogens is 290 g/mol. The summed E-state index contributed by atoms with van der Waals surface area (Å²) in [7, 11) is 0. The summed E-state index contributed by atoms with van der Waals surface area (Å²) in [6.07, 6.45) is 2.22. The summed E-state index contributed by atoms with van der Waals surface area (Å²) < 4.78 is 0. The normalized spacial score (nSPS) is 16.2. The second-order valence-electron chi connectivity index (χ2n) is 5.83. The molecule has 0 amide bonds. The van der Waals surface area contributed by atoms with Crippen molar-refractivity contribution in [3.63, 3.8) is 0 Å². The van der Waals surface area contributed by atoms with Gasteiger partial charge in [-0.1, -0.05) is 11.6 Å². The molecule has 1 fully saturated rings. The van der Waals surface area contributed by atoms with Gasteiger partial charge >= 0.3 is 0 Å². The van der Waals surface area contributed by atoms with Crippen LogP contribution in [-0.2, 0) is 0 Å². The Bertz CT molecular complexity index is 502. The van der Waals surface area contributed by atoms with E-state index in [1.165, 1.54) is 6.07 Å². The first-order chi connectivity index (χ1) is 9.99.